The maximum atomic E-state index is 6.22. The Kier molecular flexibility index (Phi) is 4.93. The average molecular weight is 279 g/mol. The Morgan fingerprint density at radius 3 is 2.84 bits per heavy atom. The van der Waals surface area contributed by atoms with Gasteiger partial charge in [-0.25, -0.2) is 4.68 Å². The minimum absolute atomic E-state index is 0.168. The van der Waals surface area contributed by atoms with E-state index in [0.717, 1.165) is 35.7 Å². The first-order valence-electron chi connectivity index (χ1n) is 6.55. The first kappa shape index (κ1) is 14.0. The summed E-state index contributed by atoms with van der Waals surface area (Å²) in [7, 11) is 1.95. The molecule has 2 rings (SSSR count). The van der Waals surface area contributed by atoms with Crippen molar-refractivity contribution in [3.63, 3.8) is 0 Å². The highest BCUT2D eigenvalue weighted by atomic mass is 35.5. The van der Waals surface area contributed by atoms with E-state index in [0.29, 0.717) is 0 Å². The molecule has 0 fully saturated rings. The number of benzene rings is 1. The van der Waals surface area contributed by atoms with E-state index in [-0.39, 0.29) is 6.04 Å². The molecule has 1 atom stereocenters. The zero-order valence-electron chi connectivity index (χ0n) is 11.3. The molecule has 5 heteroatoms. The highest BCUT2D eigenvalue weighted by Crippen LogP contribution is 2.22. The van der Waals surface area contributed by atoms with E-state index in [1.807, 2.05) is 36.1 Å². The minimum Gasteiger partial charge on any atom is -0.311 e. The molecule has 0 radical (unpaired) electrons. The van der Waals surface area contributed by atoms with E-state index in [2.05, 4.69) is 28.6 Å². The van der Waals surface area contributed by atoms with Gasteiger partial charge in [-0.3, -0.25) is 0 Å². The zero-order chi connectivity index (χ0) is 13.7. The van der Waals surface area contributed by atoms with E-state index in [1.165, 1.54) is 0 Å². The van der Waals surface area contributed by atoms with E-state index < -0.39 is 0 Å². The van der Waals surface area contributed by atoms with Crippen molar-refractivity contribution in [2.75, 3.05) is 7.05 Å². The minimum atomic E-state index is 0.168. The standard InChI is InChI=1S/C14H19ClN4/c1-3-8-19-14(10-17-18-19)13(16-2)9-11-6-4-5-7-12(11)15/h4-7,10,13,16H,3,8-9H2,1-2H3. The molecule has 1 aromatic carbocycles. The van der Waals surface area contributed by atoms with Crippen LogP contribution in [0.3, 0.4) is 0 Å². The molecule has 0 spiro atoms. The lowest BCUT2D eigenvalue weighted by Crippen LogP contribution is -2.22. The van der Waals surface area contributed by atoms with Gasteiger partial charge in [-0.1, -0.05) is 41.9 Å². The molecule has 0 amide bonds. The smallest absolute Gasteiger partial charge is 0.0759 e. The maximum absolute atomic E-state index is 6.22. The Morgan fingerprint density at radius 2 is 2.16 bits per heavy atom. The Labute approximate surface area is 118 Å². The quantitative estimate of drug-likeness (QED) is 0.884. The molecule has 0 aliphatic carbocycles. The van der Waals surface area contributed by atoms with Crippen LogP contribution in [0.15, 0.2) is 30.5 Å². The molecule has 1 heterocycles. The molecule has 1 N–H and O–H groups in total. The van der Waals surface area contributed by atoms with Crippen LogP contribution in [-0.2, 0) is 13.0 Å². The van der Waals surface area contributed by atoms with Crippen LogP contribution >= 0.6 is 11.6 Å². The molecular weight excluding hydrogens is 260 g/mol. The number of nitrogens with one attached hydrogen (secondary N) is 1. The molecule has 19 heavy (non-hydrogen) atoms. The molecular formula is C14H19ClN4. The first-order chi connectivity index (χ1) is 9.26. The predicted molar refractivity (Wildman–Crippen MR) is 77.3 cm³/mol. The third-order valence-electron chi connectivity index (χ3n) is 3.17. The van der Waals surface area contributed by atoms with Crippen LogP contribution in [0.25, 0.3) is 0 Å². The number of nitrogens with zero attached hydrogens (tertiary/aromatic N) is 3. The van der Waals surface area contributed by atoms with Gasteiger partial charge < -0.3 is 5.32 Å². The number of aryl methyl sites for hydroxylation is 1. The first-order valence-corrected chi connectivity index (χ1v) is 6.93. The second-order valence-corrected chi connectivity index (χ2v) is 4.93. The van der Waals surface area contributed by atoms with Gasteiger partial charge in [0.2, 0.25) is 0 Å². The molecule has 0 aliphatic heterocycles. The number of likely N-dealkylation sites (N-methyl/N-ethyl adjacent to an activating group) is 1. The normalized spacial score (nSPS) is 12.6. The van der Waals surface area contributed by atoms with Crippen LogP contribution in [0.5, 0.6) is 0 Å². The molecule has 1 unspecified atom stereocenters. The Balaban J connectivity index is 2.20. The maximum Gasteiger partial charge on any atom is 0.0759 e. The van der Waals surface area contributed by atoms with Crippen molar-refractivity contribution >= 4 is 11.6 Å². The number of rotatable bonds is 6. The summed E-state index contributed by atoms with van der Waals surface area (Å²) in [6, 6.07) is 8.10. The molecule has 4 nitrogen and oxygen atoms in total. The SMILES string of the molecule is CCCn1nncc1C(Cc1ccccc1Cl)NC. The van der Waals surface area contributed by atoms with Crippen molar-refractivity contribution in [1.29, 1.82) is 0 Å². The van der Waals surface area contributed by atoms with Gasteiger partial charge in [0.05, 0.1) is 17.9 Å². The monoisotopic (exact) mass is 278 g/mol. The van der Waals surface area contributed by atoms with Crippen LogP contribution in [0.1, 0.15) is 30.6 Å². The molecule has 1 aromatic heterocycles. The summed E-state index contributed by atoms with van der Waals surface area (Å²) in [5, 5.41) is 12.3. The summed E-state index contributed by atoms with van der Waals surface area (Å²) in [5.74, 6) is 0. The van der Waals surface area contributed by atoms with Crippen molar-refractivity contribution < 1.29 is 0 Å². The lowest BCUT2D eigenvalue weighted by molar-refractivity contribution is 0.490. The van der Waals surface area contributed by atoms with E-state index in [9.17, 15) is 0 Å². The second kappa shape index (κ2) is 6.68. The van der Waals surface area contributed by atoms with Gasteiger partial charge in [-0.05, 0) is 31.5 Å². The zero-order valence-corrected chi connectivity index (χ0v) is 12.1. The van der Waals surface area contributed by atoms with Gasteiger partial charge in [0.1, 0.15) is 0 Å². The van der Waals surface area contributed by atoms with Crippen molar-refractivity contribution in [3.05, 3.63) is 46.7 Å². The van der Waals surface area contributed by atoms with Crippen LogP contribution in [0, 0.1) is 0 Å². The third kappa shape index (κ3) is 3.33. The van der Waals surface area contributed by atoms with Gasteiger partial charge in [-0.2, -0.15) is 0 Å². The lowest BCUT2D eigenvalue weighted by Gasteiger charge is -2.17. The van der Waals surface area contributed by atoms with Crippen molar-refractivity contribution in [1.82, 2.24) is 20.3 Å². The summed E-state index contributed by atoms with van der Waals surface area (Å²) in [6.07, 6.45) is 3.69. The van der Waals surface area contributed by atoms with Crippen molar-refractivity contribution in [2.24, 2.45) is 0 Å². The Bertz CT molecular complexity index is 524. The fourth-order valence-corrected chi connectivity index (χ4v) is 2.37. The topological polar surface area (TPSA) is 42.7 Å². The fourth-order valence-electron chi connectivity index (χ4n) is 2.16. The highest BCUT2D eigenvalue weighted by molar-refractivity contribution is 6.31. The summed E-state index contributed by atoms with van der Waals surface area (Å²) in [6.45, 7) is 3.02. The van der Waals surface area contributed by atoms with Crippen LogP contribution < -0.4 is 5.32 Å². The van der Waals surface area contributed by atoms with E-state index in [4.69, 9.17) is 11.6 Å². The molecule has 0 saturated carbocycles. The van der Waals surface area contributed by atoms with Crippen LogP contribution in [0.4, 0.5) is 0 Å². The predicted octanol–water partition coefficient (Wildman–Crippen LogP) is 2.84. The molecule has 0 bridgehead atoms. The molecule has 0 aliphatic rings. The third-order valence-corrected chi connectivity index (χ3v) is 3.54. The summed E-state index contributed by atoms with van der Waals surface area (Å²) >= 11 is 6.22. The van der Waals surface area contributed by atoms with E-state index >= 15 is 0 Å². The second-order valence-electron chi connectivity index (χ2n) is 4.52. The van der Waals surface area contributed by atoms with Gasteiger partial charge in [0.15, 0.2) is 0 Å². The van der Waals surface area contributed by atoms with Gasteiger partial charge in [0, 0.05) is 11.6 Å². The lowest BCUT2D eigenvalue weighted by atomic mass is 10.0. The number of aromatic nitrogens is 3. The Morgan fingerprint density at radius 1 is 1.37 bits per heavy atom. The number of hydrogen-bond acceptors (Lipinski definition) is 3. The molecule has 0 saturated heterocycles. The van der Waals surface area contributed by atoms with Crippen LogP contribution in [0.2, 0.25) is 5.02 Å². The highest BCUT2D eigenvalue weighted by Gasteiger charge is 2.16. The number of halogens is 1. The van der Waals surface area contributed by atoms with Gasteiger partial charge >= 0.3 is 0 Å². The van der Waals surface area contributed by atoms with Gasteiger partial charge in [-0.15, -0.1) is 5.10 Å². The van der Waals surface area contributed by atoms with Crippen molar-refractivity contribution in [2.45, 2.75) is 32.4 Å². The summed E-state index contributed by atoms with van der Waals surface area (Å²) in [4.78, 5) is 0. The van der Waals surface area contributed by atoms with Crippen LogP contribution in [-0.4, -0.2) is 22.0 Å². The molecule has 2 aromatic rings. The number of hydrogen-bond donors (Lipinski definition) is 1. The largest absolute Gasteiger partial charge is 0.311 e. The average Bonchev–Trinajstić information content (AvgIpc) is 2.86. The fraction of sp³-hybridized carbons (Fsp3) is 0.429. The van der Waals surface area contributed by atoms with Gasteiger partial charge in [0.25, 0.3) is 0 Å². The van der Waals surface area contributed by atoms with Crippen molar-refractivity contribution in [3.8, 4) is 0 Å². The summed E-state index contributed by atoms with van der Waals surface area (Å²) < 4.78 is 1.96. The van der Waals surface area contributed by atoms with E-state index in [1.54, 1.807) is 0 Å². The Hall–Kier alpha value is -1.39. The summed E-state index contributed by atoms with van der Waals surface area (Å²) in [5.41, 5.74) is 2.23. The molecule has 102 valence electrons.